The van der Waals surface area contributed by atoms with Crippen LogP contribution in [0.25, 0.3) is 0 Å². The van der Waals surface area contributed by atoms with Crippen LogP contribution in [0.2, 0.25) is 0 Å². The SMILES string of the molecule is CC(C)[C@H](NC=O)C(=O)OCc1ccccc1. The molecule has 17 heavy (non-hydrogen) atoms. The van der Waals surface area contributed by atoms with Crippen molar-refractivity contribution in [3.63, 3.8) is 0 Å². The first-order valence-electron chi connectivity index (χ1n) is 5.55. The van der Waals surface area contributed by atoms with Gasteiger partial charge in [0.15, 0.2) is 0 Å². The minimum atomic E-state index is -0.587. The van der Waals surface area contributed by atoms with Gasteiger partial charge in [-0.1, -0.05) is 44.2 Å². The van der Waals surface area contributed by atoms with Crippen molar-refractivity contribution in [3.05, 3.63) is 35.9 Å². The highest BCUT2D eigenvalue weighted by molar-refractivity contribution is 5.78. The molecule has 0 heterocycles. The van der Waals surface area contributed by atoms with Crippen LogP contribution < -0.4 is 5.32 Å². The maximum atomic E-state index is 11.7. The van der Waals surface area contributed by atoms with Crippen LogP contribution in [-0.4, -0.2) is 18.4 Å². The van der Waals surface area contributed by atoms with E-state index in [4.69, 9.17) is 4.74 Å². The largest absolute Gasteiger partial charge is 0.459 e. The molecule has 0 aliphatic heterocycles. The summed E-state index contributed by atoms with van der Waals surface area (Å²) in [5, 5.41) is 2.46. The number of amides is 1. The van der Waals surface area contributed by atoms with Gasteiger partial charge >= 0.3 is 5.97 Å². The first-order chi connectivity index (χ1) is 8.15. The van der Waals surface area contributed by atoms with Crippen molar-refractivity contribution < 1.29 is 14.3 Å². The Morgan fingerprint density at radius 2 is 2.00 bits per heavy atom. The number of hydrogen-bond donors (Lipinski definition) is 1. The maximum absolute atomic E-state index is 11.7. The molecule has 1 N–H and O–H groups in total. The Bertz CT molecular complexity index is 362. The van der Waals surface area contributed by atoms with E-state index in [2.05, 4.69) is 5.32 Å². The zero-order valence-electron chi connectivity index (χ0n) is 10.1. The van der Waals surface area contributed by atoms with E-state index >= 15 is 0 Å². The number of carbonyl (C=O) groups is 2. The molecule has 0 spiro atoms. The van der Waals surface area contributed by atoms with Crippen molar-refractivity contribution in [1.29, 1.82) is 0 Å². The van der Waals surface area contributed by atoms with Crippen LogP contribution in [0, 0.1) is 5.92 Å². The Kier molecular flexibility index (Phi) is 5.20. The van der Waals surface area contributed by atoms with Crippen LogP contribution >= 0.6 is 0 Å². The molecule has 0 saturated heterocycles. The van der Waals surface area contributed by atoms with Gasteiger partial charge in [0.25, 0.3) is 0 Å². The Hall–Kier alpha value is -1.84. The maximum Gasteiger partial charge on any atom is 0.329 e. The van der Waals surface area contributed by atoms with Crippen molar-refractivity contribution in [1.82, 2.24) is 5.32 Å². The summed E-state index contributed by atoms with van der Waals surface area (Å²) in [6, 6.07) is 8.84. The fourth-order valence-corrected chi connectivity index (χ4v) is 1.42. The predicted octanol–water partition coefficient (Wildman–Crippen LogP) is 1.50. The lowest BCUT2D eigenvalue weighted by molar-refractivity contribution is -0.149. The van der Waals surface area contributed by atoms with Gasteiger partial charge in [0.1, 0.15) is 12.6 Å². The fraction of sp³-hybridized carbons (Fsp3) is 0.385. The van der Waals surface area contributed by atoms with E-state index in [-0.39, 0.29) is 12.5 Å². The molecule has 92 valence electrons. The van der Waals surface area contributed by atoms with Gasteiger partial charge in [0.05, 0.1) is 0 Å². The molecule has 0 aromatic heterocycles. The molecule has 1 amide bonds. The van der Waals surface area contributed by atoms with Crippen molar-refractivity contribution in [2.75, 3.05) is 0 Å². The van der Waals surface area contributed by atoms with Gasteiger partial charge < -0.3 is 10.1 Å². The van der Waals surface area contributed by atoms with Crippen molar-refractivity contribution in [2.24, 2.45) is 5.92 Å². The van der Waals surface area contributed by atoms with E-state index < -0.39 is 12.0 Å². The molecule has 0 radical (unpaired) electrons. The molecule has 1 rings (SSSR count). The van der Waals surface area contributed by atoms with E-state index in [1.54, 1.807) is 0 Å². The average molecular weight is 235 g/mol. The predicted molar refractivity (Wildman–Crippen MR) is 64.1 cm³/mol. The number of esters is 1. The van der Waals surface area contributed by atoms with Gasteiger partial charge in [-0.15, -0.1) is 0 Å². The van der Waals surface area contributed by atoms with Gasteiger partial charge in [-0.05, 0) is 11.5 Å². The minimum Gasteiger partial charge on any atom is -0.459 e. The number of ether oxygens (including phenoxy) is 1. The summed E-state index contributed by atoms with van der Waals surface area (Å²) in [4.78, 5) is 22.1. The standard InChI is InChI=1S/C13H17NO3/c1-10(2)12(14-9-15)13(16)17-8-11-6-4-3-5-7-11/h3-7,9-10,12H,8H2,1-2H3,(H,14,15)/t12-/m0/s1. The molecule has 1 atom stereocenters. The van der Waals surface area contributed by atoms with Crippen molar-refractivity contribution in [3.8, 4) is 0 Å². The van der Waals surface area contributed by atoms with Crippen molar-refractivity contribution in [2.45, 2.75) is 26.5 Å². The molecule has 0 bridgehead atoms. The van der Waals surface area contributed by atoms with Gasteiger partial charge in [-0.25, -0.2) is 4.79 Å². The molecular formula is C13H17NO3. The highest BCUT2D eigenvalue weighted by Gasteiger charge is 2.22. The monoisotopic (exact) mass is 235 g/mol. The first-order valence-corrected chi connectivity index (χ1v) is 5.55. The van der Waals surface area contributed by atoms with Gasteiger partial charge in [-0.2, -0.15) is 0 Å². The van der Waals surface area contributed by atoms with Gasteiger partial charge in [0.2, 0.25) is 6.41 Å². The smallest absolute Gasteiger partial charge is 0.329 e. The highest BCUT2D eigenvalue weighted by Crippen LogP contribution is 2.06. The van der Waals surface area contributed by atoms with Crippen LogP contribution in [0.5, 0.6) is 0 Å². The lowest BCUT2D eigenvalue weighted by Crippen LogP contribution is -2.41. The van der Waals surface area contributed by atoms with Crippen LogP contribution in [0.4, 0.5) is 0 Å². The topological polar surface area (TPSA) is 55.4 Å². The van der Waals surface area contributed by atoms with Crippen molar-refractivity contribution >= 4 is 12.4 Å². The summed E-state index contributed by atoms with van der Waals surface area (Å²) in [6.45, 7) is 3.93. The summed E-state index contributed by atoms with van der Waals surface area (Å²) in [7, 11) is 0. The van der Waals surface area contributed by atoms with Crippen LogP contribution in [0.15, 0.2) is 30.3 Å². The summed E-state index contributed by atoms with van der Waals surface area (Å²) in [5.74, 6) is -0.403. The molecule has 0 unspecified atom stereocenters. The highest BCUT2D eigenvalue weighted by atomic mass is 16.5. The Balaban J connectivity index is 2.50. The zero-order chi connectivity index (χ0) is 12.7. The third kappa shape index (κ3) is 4.26. The van der Waals surface area contributed by atoms with Crippen LogP contribution in [0.3, 0.4) is 0 Å². The normalized spacial score (nSPS) is 11.9. The lowest BCUT2D eigenvalue weighted by atomic mass is 10.1. The molecule has 0 aliphatic carbocycles. The number of hydrogen-bond acceptors (Lipinski definition) is 3. The molecular weight excluding hydrogens is 218 g/mol. The number of rotatable bonds is 6. The second-order valence-corrected chi connectivity index (χ2v) is 4.10. The van der Waals surface area contributed by atoms with E-state index in [0.717, 1.165) is 5.56 Å². The minimum absolute atomic E-state index is 0.00322. The summed E-state index contributed by atoms with van der Waals surface area (Å²) in [6.07, 6.45) is 0.522. The Morgan fingerprint density at radius 1 is 1.35 bits per heavy atom. The quantitative estimate of drug-likeness (QED) is 0.600. The van der Waals surface area contributed by atoms with Crippen LogP contribution in [0.1, 0.15) is 19.4 Å². The fourth-order valence-electron chi connectivity index (χ4n) is 1.42. The summed E-state index contributed by atoms with van der Waals surface area (Å²) in [5.41, 5.74) is 0.925. The zero-order valence-corrected chi connectivity index (χ0v) is 10.1. The number of carbonyl (C=O) groups excluding carboxylic acids is 2. The summed E-state index contributed by atoms with van der Waals surface area (Å²) >= 11 is 0. The lowest BCUT2D eigenvalue weighted by Gasteiger charge is -2.18. The molecule has 0 aliphatic rings. The second-order valence-electron chi connectivity index (χ2n) is 4.10. The van der Waals surface area contributed by atoms with E-state index in [0.29, 0.717) is 6.41 Å². The molecule has 1 aromatic rings. The summed E-state index contributed by atoms with van der Waals surface area (Å²) < 4.78 is 5.14. The van der Waals surface area contributed by atoms with Gasteiger partial charge in [-0.3, -0.25) is 4.79 Å². The van der Waals surface area contributed by atoms with Crippen LogP contribution in [-0.2, 0) is 20.9 Å². The first kappa shape index (κ1) is 13.2. The Labute approximate surface area is 101 Å². The van der Waals surface area contributed by atoms with E-state index in [1.165, 1.54) is 0 Å². The molecule has 1 aromatic carbocycles. The average Bonchev–Trinajstić information content (AvgIpc) is 2.34. The molecule has 0 saturated carbocycles. The van der Waals surface area contributed by atoms with Gasteiger partial charge in [0, 0.05) is 0 Å². The third-order valence-corrected chi connectivity index (χ3v) is 2.39. The second kappa shape index (κ2) is 6.68. The third-order valence-electron chi connectivity index (χ3n) is 2.39. The molecule has 4 heteroatoms. The molecule has 4 nitrogen and oxygen atoms in total. The van der Waals surface area contributed by atoms with E-state index in [1.807, 2.05) is 44.2 Å². The number of nitrogens with one attached hydrogen (secondary N) is 1. The van der Waals surface area contributed by atoms with E-state index in [9.17, 15) is 9.59 Å². The number of benzene rings is 1. The molecule has 0 fully saturated rings. The Morgan fingerprint density at radius 3 is 2.53 bits per heavy atom.